The van der Waals surface area contributed by atoms with Gasteiger partial charge in [0.05, 0.1) is 11.4 Å². The number of benzene rings is 2. The monoisotopic (exact) mass is 459 g/mol. The minimum atomic E-state index is -0.635. The summed E-state index contributed by atoms with van der Waals surface area (Å²) in [5.74, 6) is -1.01. The van der Waals surface area contributed by atoms with Gasteiger partial charge in [0.1, 0.15) is 11.4 Å². The number of aromatic hydroxyl groups is 1. The first-order valence-corrected chi connectivity index (χ1v) is 11.0. The molecule has 2 aromatic heterocycles. The maximum absolute atomic E-state index is 12.2. The van der Waals surface area contributed by atoms with Crippen molar-refractivity contribution in [1.29, 1.82) is 0 Å². The smallest absolute Gasteiger partial charge is 0.331 e. The number of anilines is 1. The number of nitrogens with zero attached hydrogens (tertiary/aromatic N) is 2. The van der Waals surface area contributed by atoms with Crippen molar-refractivity contribution in [2.24, 2.45) is 0 Å². The van der Waals surface area contributed by atoms with E-state index in [4.69, 9.17) is 9.84 Å². The maximum Gasteiger partial charge on any atom is 0.331 e. The summed E-state index contributed by atoms with van der Waals surface area (Å²) in [7, 11) is 0. The molecule has 166 valence electrons. The van der Waals surface area contributed by atoms with E-state index in [-0.39, 0.29) is 5.75 Å². The molecule has 0 spiro atoms. The quantitative estimate of drug-likeness (QED) is 0.229. The SMILES string of the molecule is O=C(COC(=O)/C=C/c1cn(Cc2ccccc2)nc1-c1cccs1)Nc1ccc(O)cc1. The van der Waals surface area contributed by atoms with E-state index in [1.165, 1.54) is 18.2 Å². The van der Waals surface area contributed by atoms with Gasteiger partial charge < -0.3 is 15.2 Å². The number of carbonyl (C=O) groups excluding carboxylic acids is 2. The average molecular weight is 460 g/mol. The number of carbonyl (C=O) groups is 2. The normalized spacial score (nSPS) is 10.9. The van der Waals surface area contributed by atoms with E-state index in [0.717, 1.165) is 21.7 Å². The van der Waals surface area contributed by atoms with Gasteiger partial charge in [0.25, 0.3) is 5.91 Å². The molecule has 7 nitrogen and oxygen atoms in total. The maximum atomic E-state index is 12.2. The Balaban J connectivity index is 1.40. The zero-order valence-corrected chi connectivity index (χ0v) is 18.4. The lowest BCUT2D eigenvalue weighted by atomic mass is 10.2. The molecular weight excluding hydrogens is 438 g/mol. The number of thiophene rings is 1. The Morgan fingerprint density at radius 2 is 1.85 bits per heavy atom. The van der Waals surface area contributed by atoms with Crippen LogP contribution >= 0.6 is 11.3 Å². The Hall–Kier alpha value is -4.17. The van der Waals surface area contributed by atoms with Crippen molar-refractivity contribution in [2.45, 2.75) is 6.54 Å². The Morgan fingerprint density at radius 3 is 2.58 bits per heavy atom. The third kappa shape index (κ3) is 6.18. The van der Waals surface area contributed by atoms with Crippen LogP contribution in [0, 0.1) is 0 Å². The van der Waals surface area contributed by atoms with E-state index in [2.05, 4.69) is 5.32 Å². The second kappa shape index (κ2) is 10.4. The third-order valence-electron chi connectivity index (χ3n) is 4.63. The molecule has 0 radical (unpaired) electrons. The van der Waals surface area contributed by atoms with Gasteiger partial charge in [0.15, 0.2) is 6.61 Å². The van der Waals surface area contributed by atoms with Crippen molar-refractivity contribution in [2.75, 3.05) is 11.9 Å². The number of rotatable bonds is 8. The Morgan fingerprint density at radius 1 is 1.06 bits per heavy atom. The standard InChI is InChI=1S/C25H21N3O4S/c29-21-11-9-20(10-12-21)26-23(30)17-32-24(31)13-8-19-16-28(15-18-5-2-1-3-6-18)27-25(19)22-7-4-14-33-22/h1-14,16,29H,15,17H2,(H,26,30)/b13-8+. The van der Waals surface area contributed by atoms with Crippen molar-refractivity contribution >= 4 is 35.0 Å². The molecule has 2 heterocycles. The minimum absolute atomic E-state index is 0.0959. The highest BCUT2D eigenvalue weighted by atomic mass is 32.1. The summed E-state index contributed by atoms with van der Waals surface area (Å²) in [6.07, 6.45) is 4.81. The van der Waals surface area contributed by atoms with Crippen LogP contribution in [0.15, 0.2) is 84.4 Å². The molecule has 0 saturated heterocycles. The molecule has 2 aromatic carbocycles. The molecule has 4 aromatic rings. The first-order valence-electron chi connectivity index (χ1n) is 10.2. The molecule has 2 N–H and O–H groups in total. The topological polar surface area (TPSA) is 93.5 Å². The number of ether oxygens (including phenoxy) is 1. The van der Waals surface area contributed by atoms with Gasteiger partial charge >= 0.3 is 5.97 Å². The van der Waals surface area contributed by atoms with Crippen molar-refractivity contribution in [1.82, 2.24) is 9.78 Å². The summed E-state index contributed by atoms with van der Waals surface area (Å²) in [6.45, 7) is 0.185. The van der Waals surface area contributed by atoms with Crippen LogP contribution in [-0.2, 0) is 20.9 Å². The molecule has 0 aliphatic heterocycles. The number of esters is 1. The summed E-state index contributed by atoms with van der Waals surface area (Å²) in [4.78, 5) is 25.1. The average Bonchev–Trinajstić information content (AvgIpc) is 3.48. The van der Waals surface area contributed by atoms with Gasteiger partial charge in [-0.2, -0.15) is 5.10 Å². The summed E-state index contributed by atoms with van der Waals surface area (Å²) in [6, 6.07) is 19.9. The second-order valence-corrected chi connectivity index (χ2v) is 8.08. The Labute approximate surface area is 194 Å². The summed E-state index contributed by atoms with van der Waals surface area (Å²) < 4.78 is 6.88. The zero-order valence-electron chi connectivity index (χ0n) is 17.5. The van der Waals surface area contributed by atoms with Crippen molar-refractivity contribution in [3.63, 3.8) is 0 Å². The molecular formula is C25H21N3O4S. The highest BCUT2D eigenvalue weighted by molar-refractivity contribution is 7.13. The van der Waals surface area contributed by atoms with E-state index in [0.29, 0.717) is 12.2 Å². The largest absolute Gasteiger partial charge is 0.508 e. The van der Waals surface area contributed by atoms with Gasteiger partial charge in [0.2, 0.25) is 0 Å². The van der Waals surface area contributed by atoms with E-state index >= 15 is 0 Å². The number of nitrogens with one attached hydrogen (secondary N) is 1. The van der Waals surface area contributed by atoms with E-state index in [1.807, 2.05) is 58.7 Å². The van der Waals surface area contributed by atoms with E-state index in [9.17, 15) is 14.7 Å². The molecule has 0 aliphatic rings. The van der Waals surface area contributed by atoms with Crippen molar-refractivity contribution in [3.05, 3.63) is 95.5 Å². The fourth-order valence-corrected chi connectivity index (χ4v) is 3.83. The second-order valence-electron chi connectivity index (χ2n) is 7.13. The minimum Gasteiger partial charge on any atom is -0.508 e. The molecule has 1 amide bonds. The number of amides is 1. The van der Waals surface area contributed by atoms with Crippen LogP contribution in [0.5, 0.6) is 5.75 Å². The van der Waals surface area contributed by atoms with Crippen LogP contribution in [0.25, 0.3) is 16.6 Å². The number of phenols is 1. The third-order valence-corrected chi connectivity index (χ3v) is 5.50. The molecule has 4 rings (SSSR count). The van der Waals surface area contributed by atoms with Gasteiger partial charge in [-0.1, -0.05) is 36.4 Å². The Kier molecular flexibility index (Phi) is 6.96. The van der Waals surface area contributed by atoms with Gasteiger partial charge in [0, 0.05) is 23.5 Å². The van der Waals surface area contributed by atoms with Crippen LogP contribution in [0.1, 0.15) is 11.1 Å². The van der Waals surface area contributed by atoms with Crippen molar-refractivity contribution < 1.29 is 19.4 Å². The summed E-state index contributed by atoms with van der Waals surface area (Å²) in [5, 5.41) is 18.5. The molecule has 8 heteroatoms. The van der Waals surface area contributed by atoms with Gasteiger partial charge in [-0.25, -0.2) is 4.79 Å². The molecule has 0 fully saturated rings. The molecule has 0 saturated carbocycles. The highest BCUT2D eigenvalue weighted by Gasteiger charge is 2.12. The van der Waals surface area contributed by atoms with E-state index < -0.39 is 18.5 Å². The fraction of sp³-hybridized carbons (Fsp3) is 0.0800. The van der Waals surface area contributed by atoms with Crippen molar-refractivity contribution in [3.8, 4) is 16.3 Å². The highest BCUT2D eigenvalue weighted by Crippen LogP contribution is 2.27. The molecule has 0 aliphatic carbocycles. The Bertz CT molecular complexity index is 1250. The van der Waals surface area contributed by atoms with Crippen LogP contribution in [-0.4, -0.2) is 33.4 Å². The fourth-order valence-electron chi connectivity index (χ4n) is 3.10. The summed E-state index contributed by atoms with van der Waals surface area (Å²) >= 11 is 1.57. The number of hydrogen-bond donors (Lipinski definition) is 2. The molecule has 33 heavy (non-hydrogen) atoms. The summed E-state index contributed by atoms with van der Waals surface area (Å²) in [5.41, 5.74) is 3.16. The lowest BCUT2D eigenvalue weighted by Gasteiger charge is -2.05. The van der Waals surface area contributed by atoms with Gasteiger partial charge in [-0.15, -0.1) is 11.3 Å². The van der Waals surface area contributed by atoms with Crippen LogP contribution < -0.4 is 5.32 Å². The predicted molar refractivity (Wildman–Crippen MR) is 128 cm³/mol. The van der Waals surface area contributed by atoms with E-state index in [1.54, 1.807) is 29.5 Å². The molecule has 0 atom stereocenters. The van der Waals surface area contributed by atoms with Crippen LogP contribution in [0.3, 0.4) is 0 Å². The molecule has 0 bridgehead atoms. The molecule has 0 unspecified atom stereocenters. The first-order chi connectivity index (χ1) is 16.1. The lowest BCUT2D eigenvalue weighted by Crippen LogP contribution is -2.20. The number of hydrogen-bond acceptors (Lipinski definition) is 6. The number of phenolic OH excluding ortho intramolecular Hbond substituents is 1. The predicted octanol–water partition coefficient (Wildman–Crippen LogP) is 4.56. The lowest BCUT2D eigenvalue weighted by molar-refractivity contribution is -0.142. The van der Waals surface area contributed by atoms with Crippen LogP contribution in [0.4, 0.5) is 5.69 Å². The van der Waals surface area contributed by atoms with Crippen LogP contribution in [0.2, 0.25) is 0 Å². The number of aromatic nitrogens is 2. The van der Waals surface area contributed by atoms with Gasteiger partial charge in [-0.05, 0) is 47.4 Å². The zero-order chi connectivity index (χ0) is 23.0. The van der Waals surface area contributed by atoms with Gasteiger partial charge in [-0.3, -0.25) is 9.48 Å². The first kappa shape index (κ1) is 22.0.